The van der Waals surface area contributed by atoms with E-state index in [1.54, 1.807) is 13.2 Å². The number of hydrogen-bond acceptors (Lipinski definition) is 4. The number of nitrogens with one attached hydrogen (secondary N) is 1. The molecule has 16 heavy (non-hydrogen) atoms. The van der Waals surface area contributed by atoms with Gasteiger partial charge in [-0.1, -0.05) is 11.6 Å². The molecule has 2 rings (SSSR count). The monoisotopic (exact) mass is 259 g/mol. The third kappa shape index (κ3) is 2.52. The zero-order chi connectivity index (χ0) is 11.5. The largest absolute Gasteiger partial charge is 0.381 e. The molecule has 0 aromatic carbocycles. The van der Waals surface area contributed by atoms with Gasteiger partial charge < -0.3 is 5.32 Å². The first kappa shape index (κ1) is 11.8. The van der Waals surface area contributed by atoms with Crippen molar-refractivity contribution in [1.29, 1.82) is 0 Å². The minimum Gasteiger partial charge on any atom is -0.381 e. The van der Waals surface area contributed by atoms with Crippen LogP contribution in [0, 0.1) is 0 Å². The Labute approximate surface area is 103 Å². The highest BCUT2D eigenvalue weighted by Gasteiger charge is 2.16. The maximum atomic E-state index is 11.5. The first-order valence-electron chi connectivity index (χ1n) is 5.26. The van der Waals surface area contributed by atoms with E-state index in [2.05, 4.69) is 10.4 Å². The minimum absolute atomic E-state index is 0.223. The number of aryl methyl sites for hydroxylation is 1. The van der Waals surface area contributed by atoms with Crippen LogP contribution in [-0.2, 0) is 7.05 Å². The van der Waals surface area contributed by atoms with E-state index < -0.39 is 0 Å². The second-order valence-electron chi connectivity index (χ2n) is 3.82. The van der Waals surface area contributed by atoms with E-state index in [4.69, 9.17) is 11.6 Å². The number of hydrogen-bond donors (Lipinski definition) is 1. The molecule has 1 fully saturated rings. The van der Waals surface area contributed by atoms with Gasteiger partial charge in [-0.15, -0.1) is 0 Å². The molecule has 4 nitrogen and oxygen atoms in total. The van der Waals surface area contributed by atoms with Crippen molar-refractivity contribution in [2.75, 3.05) is 17.6 Å². The van der Waals surface area contributed by atoms with Gasteiger partial charge in [0.05, 0.1) is 11.9 Å². The molecule has 2 heterocycles. The molecular weight excluding hydrogens is 246 g/mol. The third-order valence-corrected chi connectivity index (χ3v) is 4.39. The lowest BCUT2D eigenvalue weighted by atomic mass is 10.2. The number of rotatable bonds is 3. The predicted octanol–water partition coefficient (Wildman–Crippen LogP) is 1.74. The Balaban J connectivity index is 2.04. The van der Waals surface area contributed by atoms with Crippen LogP contribution in [0.4, 0.5) is 5.69 Å². The molecule has 0 aliphatic carbocycles. The van der Waals surface area contributed by atoms with Crippen molar-refractivity contribution < 1.29 is 0 Å². The van der Waals surface area contributed by atoms with E-state index in [9.17, 15) is 4.79 Å². The maximum absolute atomic E-state index is 11.5. The highest BCUT2D eigenvalue weighted by molar-refractivity contribution is 8.00. The molecule has 1 atom stereocenters. The van der Waals surface area contributed by atoms with E-state index in [0.717, 1.165) is 6.54 Å². The molecule has 1 aliphatic heterocycles. The topological polar surface area (TPSA) is 46.9 Å². The van der Waals surface area contributed by atoms with Crippen LogP contribution in [0.1, 0.15) is 12.8 Å². The molecule has 88 valence electrons. The van der Waals surface area contributed by atoms with Crippen LogP contribution >= 0.6 is 23.4 Å². The van der Waals surface area contributed by atoms with Crippen molar-refractivity contribution >= 4 is 29.1 Å². The average Bonchev–Trinajstić information content (AvgIpc) is 2.78. The number of anilines is 1. The van der Waals surface area contributed by atoms with Crippen LogP contribution in [-0.4, -0.2) is 27.3 Å². The van der Waals surface area contributed by atoms with Crippen molar-refractivity contribution in [2.45, 2.75) is 18.1 Å². The molecule has 0 bridgehead atoms. The molecule has 6 heteroatoms. The van der Waals surface area contributed by atoms with Gasteiger partial charge in [0, 0.05) is 18.8 Å². The number of aromatic nitrogens is 2. The van der Waals surface area contributed by atoms with Crippen LogP contribution in [0.25, 0.3) is 0 Å². The summed E-state index contributed by atoms with van der Waals surface area (Å²) in [5.74, 6) is 1.23. The summed E-state index contributed by atoms with van der Waals surface area (Å²) in [5.41, 5.74) is 0.378. The molecule has 1 saturated heterocycles. The van der Waals surface area contributed by atoms with Crippen molar-refractivity contribution in [3.8, 4) is 0 Å². The third-order valence-electron chi connectivity index (χ3n) is 2.62. The van der Waals surface area contributed by atoms with Gasteiger partial charge in [0.1, 0.15) is 5.02 Å². The van der Waals surface area contributed by atoms with Crippen LogP contribution in [0.2, 0.25) is 5.02 Å². The Morgan fingerprint density at radius 1 is 1.75 bits per heavy atom. The molecule has 1 aliphatic rings. The van der Waals surface area contributed by atoms with Gasteiger partial charge in [-0.3, -0.25) is 4.79 Å². The molecular formula is C10H14ClN3OS. The summed E-state index contributed by atoms with van der Waals surface area (Å²) in [5, 5.41) is 7.98. The fraction of sp³-hybridized carbons (Fsp3) is 0.600. The Bertz CT molecular complexity index is 429. The van der Waals surface area contributed by atoms with E-state index in [1.807, 2.05) is 11.8 Å². The van der Waals surface area contributed by atoms with Gasteiger partial charge in [-0.05, 0) is 18.6 Å². The summed E-state index contributed by atoms with van der Waals surface area (Å²) in [6.45, 7) is 0.846. The van der Waals surface area contributed by atoms with E-state index in [0.29, 0.717) is 10.9 Å². The van der Waals surface area contributed by atoms with E-state index in [1.165, 1.54) is 23.3 Å². The van der Waals surface area contributed by atoms with Gasteiger partial charge in [0.25, 0.3) is 5.56 Å². The molecule has 1 aromatic rings. The molecule has 0 saturated carbocycles. The van der Waals surface area contributed by atoms with Crippen LogP contribution in [0.3, 0.4) is 0 Å². The van der Waals surface area contributed by atoms with Crippen LogP contribution in [0.5, 0.6) is 0 Å². The second-order valence-corrected chi connectivity index (χ2v) is 5.60. The summed E-state index contributed by atoms with van der Waals surface area (Å²) in [6, 6.07) is 0. The summed E-state index contributed by atoms with van der Waals surface area (Å²) < 4.78 is 1.23. The molecule has 0 radical (unpaired) electrons. The summed E-state index contributed by atoms with van der Waals surface area (Å²) in [4.78, 5) is 11.5. The van der Waals surface area contributed by atoms with Crippen molar-refractivity contribution in [3.63, 3.8) is 0 Å². The first-order chi connectivity index (χ1) is 7.68. The van der Waals surface area contributed by atoms with Gasteiger partial charge in [-0.25, -0.2) is 4.68 Å². The Kier molecular flexibility index (Phi) is 3.76. The lowest BCUT2D eigenvalue weighted by Crippen LogP contribution is -2.22. The molecule has 1 N–H and O–H groups in total. The van der Waals surface area contributed by atoms with Crippen molar-refractivity contribution in [1.82, 2.24) is 9.78 Å². The Morgan fingerprint density at radius 2 is 2.56 bits per heavy atom. The lowest BCUT2D eigenvalue weighted by Gasteiger charge is -2.12. The minimum atomic E-state index is -0.259. The van der Waals surface area contributed by atoms with Gasteiger partial charge >= 0.3 is 0 Å². The fourth-order valence-corrected chi connectivity index (χ4v) is 3.10. The summed E-state index contributed by atoms with van der Waals surface area (Å²) in [6.07, 6.45) is 4.11. The lowest BCUT2D eigenvalue weighted by molar-refractivity contribution is 0.707. The van der Waals surface area contributed by atoms with E-state index >= 15 is 0 Å². The molecule has 0 spiro atoms. The predicted molar refractivity (Wildman–Crippen MR) is 68.5 cm³/mol. The standard InChI is InChI=1S/C10H14ClN3OS/c1-14-10(15)9(11)8(6-13-14)12-5-7-3-2-4-16-7/h6-7,12H,2-5H2,1H3. The highest BCUT2D eigenvalue weighted by atomic mass is 35.5. The number of nitrogens with zero attached hydrogens (tertiary/aromatic N) is 2. The quantitative estimate of drug-likeness (QED) is 0.898. The molecule has 1 unspecified atom stereocenters. The first-order valence-corrected chi connectivity index (χ1v) is 6.68. The number of thioether (sulfide) groups is 1. The maximum Gasteiger partial charge on any atom is 0.287 e. The fourth-order valence-electron chi connectivity index (χ4n) is 1.66. The molecule has 1 aromatic heterocycles. The van der Waals surface area contributed by atoms with Crippen molar-refractivity contribution in [2.24, 2.45) is 7.05 Å². The second kappa shape index (κ2) is 5.10. The Hall–Kier alpha value is -0.680. The normalized spacial score (nSPS) is 20.0. The number of halogens is 1. The van der Waals surface area contributed by atoms with Crippen molar-refractivity contribution in [3.05, 3.63) is 21.6 Å². The van der Waals surface area contributed by atoms with Gasteiger partial charge in [0.2, 0.25) is 0 Å². The zero-order valence-electron chi connectivity index (χ0n) is 9.07. The Morgan fingerprint density at radius 3 is 3.25 bits per heavy atom. The van der Waals surface area contributed by atoms with E-state index in [-0.39, 0.29) is 10.6 Å². The van der Waals surface area contributed by atoms with Crippen LogP contribution in [0.15, 0.2) is 11.0 Å². The average molecular weight is 260 g/mol. The van der Waals surface area contributed by atoms with Crippen LogP contribution < -0.4 is 10.9 Å². The highest BCUT2D eigenvalue weighted by Crippen LogP contribution is 2.26. The molecule has 0 amide bonds. The van der Waals surface area contributed by atoms with Gasteiger partial charge in [-0.2, -0.15) is 16.9 Å². The smallest absolute Gasteiger partial charge is 0.287 e. The summed E-state index contributed by atoms with van der Waals surface area (Å²) >= 11 is 7.91. The summed E-state index contributed by atoms with van der Waals surface area (Å²) in [7, 11) is 1.59. The van der Waals surface area contributed by atoms with Gasteiger partial charge in [0.15, 0.2) is 0 Å². The SMILES string of the molecule is Cn1ncc(NCC2CCCS2)c(Cl)c1=O. The zero-order valence-corrected chi connectivity index (χ0v) is 10.6.